The number of halogens is 3. The predicted octanol–water partition coefficient (Wildman–Crippen LogP) is 6.30. The zero-order chi connectivity index (χ0) is 31.7. The van der Waals surface area contributed by atoms with Crippen LogP contribution in [0.5, 0.6) is 0 Å². The summed E-state index contributed by atoms with van der Waals surface area (Å²) in [4.78, 5) is 56.4. The third-order valence-electron chi connectivity index (χ3n) is 8.53. The highest BCUT2D eigenvalue weighted by molar-refractivity contribution is 6.12. The summed E-state index contributed by atoms with van der Waals surface area (Å²) in [6.45, 7) is 7.38. The van der Waals surface area contributed by atoms with E-state index >= 15 is 0 Å². The van der Waals surface area contributed by atoms with Gasteiger partial charge in [-0.05, 0) is 47.4 Å². The second-order valence-electron chi connectivity index (χ2n) is 12.1. The first kappa shape index (κ1) is 32.0. The quantitative estimate of drug-likeness (QED) is 0.329. The third-order valence-corrected chi connectivity index (χ3v) is 8.53. The number of nitrogens with one attached hydrogen (secondary N) is 1. The van der Waals surface area contributed by atoms with Gasteiger partial charge in [-0.25, -0.2) is 9.69 Å². The van der Waals surface area contributed by atoms with Crippen LogP contribution < -0.4 is 11.1 Å². The van der Waals surface area contributed by atoms with Crippen LogP contribution in [0.1, 0.15) is 100 Å². The van der Waals surface area contributed by atoms with E-state index in [-0.39, 0.29) is 30.2 Å². The smallest absolute Gasteiger partial charge is 0.370 e. The lowest BCUT2D eigenvalue weighted by atomic mass is 9.80. The molecule has 4 rings (SSSR count). The van der Waals surface area contributed by atoms with Crippen LogP contribution in [0.3, 0.4) is 0 Å². The summed E-state index contributed by atoms with van der Waals surface area (Å²) < 4.78 is 41.7. The van der Waals surface area contributed by atoms with Gasteiger partial charge in [0.25, 0.3) is 5.91 Å². The fourth-order valence-corrected chi connectivity index (χ4v) is 6.35. The number of hydrogen-bond donors (Lipinski definition) is 2. The van der Waals surface area contributed by atoms with Crippen LogP contribution in [0.15, 0.2) is 42.5 Å². The van der Waals surface area contributed by atoms with Crippen LogP contribution in [-0.2, 0) is 27.1 Å². The second kappa shape index (κ2) is 12.4. The number of amides is 5. The highest BCUT2D eigenvalue weighted by atomic mass is 19.4. The van der Waals surface area contributed by atoms with Gasteiger partial charge in [0.05, 0.1) is 12.0 Å². The van der Waals surface area contributed by atoms with Crippen molar-refractivity contribution in [2.75, 3.05) is 5.32 Å². The SMILES string of the molecule is CC(C)c1cccc(C(C)C)c1NC(=O)C(CC(N)=O)N1C(=O)N(Cc2ccccc2C(F)(F)F)C2(CCCCC2)C1=O. The number of imide groups is 1. The van der Waals surface area contributed by atoms with Gasteiger partial charge >= 0.3 is 12.2 Å². The molecule has 5 amide bonds. The molecule has 3 N–H and O–H groups in total. The molecule has 8 nitrogen and oxygen atoms in total. The summed E-state index contributed by atoms with van der Waals surface area (Å²) in [6.07, 6.45) is -2.87. The molecule has 43 heavy (non-hydrogen) atoms. The standard InChI is InChI=1S/C32H39F3N4O4/c1-19(2)22-12-10-13-23(20(3)4)27(22)37-28(41)25(17-26(36)40)39-29(42)31(15-8-5-9-16-31)38(30(39)43)18-21-11-6-7-14-24(21)32(33,34)35/h6-7,10-14,19-20,25H,5,8-9,15-18H2,1-4H3,(H2,36,40)(H,37,41). The lowest BCUT2D eigenvalue weighted by molar-refractivity contribution is -0.140. The number of para-hydroxylation sites is 1. The largest absolute Gasteiger partial charge is 0.416 e. The van der Waals surface area contributed by atoms with Gasteiger partial charge in [-0.2, -0.15) is 13.2 Å². The van der Waals surface area contributed by atoms with E-state index in [0.29, 0.717) is 18.5 Å². The van der Waals surface area contributed by atoms with Gasteiger partial charge in [0.1, 0.15) is 11.6 Å². The number of carbonyl (C=O) groups excluding carboxylic acids is 4. The lowest BCUT2D eigenvalue weighted by Gasteiger charge is -2.38. The lowest BCUT2D eigenvalue weighted by Crippen LogP contribution is -2.52. The zero-order valence-corrected chi connectivity index (χ0v) is 25.0. The molecule has 1 heterocycles. The molecule has 2 aromatic rings. The van der Waals surface area contributed by atoms with E-state index in [1.807, 2.05) is 45.9 Å². The molecular formula is C32H39F3N4O4. The summed E-state index contributed by atoms with van der Waals surface area (Å²) in [5.74, 6) is -2.31. The van der Waals surface area contributed by atoms with Crippen LogP contribution >= 0.6 is 0 Å². The zero-order valence-electron chi connectivity index (χ0n) is 25.0. The van der Waals surface area contributed by atoms with Crippen LogP contribution in [0.2, 0.25) is 0 Å². The number of alkyl halides is 3. The van der Waals surface area contributed by atoms with E-state index in [1.54, 1.807) is 0 Å². The van der Waals surface area contributed by atoms with Crippen LogP contribution in [-0.4, -0.2) is 45.1 Å². The highest BCUT2D eigenvalue weighted by Crippen LogP contribution is 2.44. The number of anilines is 1. The maximum atomic E-state index is 14.2. The Morgan fingerprint density at radius 2 is 1.51 bits per heavy atom. The highest BCUT2D eigenvalue weighted by Gasteiger charge is 2.60. The average molecular weight is 601 g/mol. The molecular weight excluding hydrogens is 561 g/mol. The molecule has 1 saturated carbocycles. The number of benzene rings is 2. The summed E-state index contributed by atoms with van der Waals surface area (Å²) in [5, 5.41) is 2.89. The van der Waals surface area contributed by atoms with Crippen LogP contribution in [0, 0.1) is 0 Å². The number of rotatable bonds is 9. The van der Waals surface area contributed by atoms with Crippen molar-refractivity contribution >= 4 is 29.4 Å². The Morgan fingerprint density at radius 1 is 0.930 bits per heavy atom. The fraction of sp³-hybridized carbons (Fsp3) is 0.500. The van der Waals surface area contributed by atoms with Gasteiger partial charge in [0.2, 0.25) is 11.8 Å². The monoisotopic (exact) mass is 600 g/mol. The Hall–Kier alpha value is -3.89. The molecule has 1 atom stereocenters. The normalized spacial score (nSPS) is 17.7. The molecule has 1 spiro atoms. The summed E-state index contributed by atoms with van der Waals surface area (Å²) >= 11 is 0. The van der Waals surface area contributed by atoms with Crippen molar-refractivity contribution in [2.24, 2.45) is 5.73 Å². The Morgan fingerprint density at radius 3 is 2.05 bits per heavy atom. The van der Waals surface area contributed by atoms with Crippen molar-refractivity contribution in [3.63, 3.8) is 0 Å². The molecule has 2 aromatic carbocycles. The fourth-order valence-electron chi connectivity index (χ4n) is 6.35. The predicted molar refractivity (Wildman–Crippen MR) is 156 cm³/mol. The third kappa shape index (κ3) is 6.26. The van der Waals surface area contributed by atoms with Crippen molar-refractivity contribution in [1.82, 2.24) is 9.80 Å². The van der Waals surface area contributed by atoms with E-state index in [9.17, 15) is 32.3 Å². The first-order chi connectivity index (χ1) is 20.2. The van der Waals surface area contributed by atoms with E-state index in [2.05, 4.69) is 5.32 Å². The summed E-state index contributed by atoms with van der Waals surface area (Å²) in [7, 11) is 0. The number of carbonyl (C=O) groups is 4. The topological polar surface area (TPSA) is 113 Å². The average Bonchev–Trinajstić information content (AvgIpc) is 3.12. The Kier molecular flexibility index (Phi) is 9.22. The maximum Gasteiger partial charge on any atom is 0.416 e. The summed E-state index contributed by atoms with van der Waals surface area (Å²) in [5.41, 5.74) is 5.25. The number of urea groups is 1. The first-order valence-electron chi connectivity index (χ1n) is 14.7. The van der Waals surface area contributed by atoms with Crippen LogP contribution in [0.25, 0.3) is 0 Å². The molecule has 0 radical (unpaired) electrons. The van der Waals surface area contributed by atoms with Crippen molar-refractivity contribution in [3.8, 4) is 0 Å². The Balaban J connectivity index is 1.78. The van der Waals surface area contributed by atoms with Gasteiger partial charge < -0.3 is 16.0 Å². The van der Waals surface area contributed by atoms with E-state index in [0.717, 1.165) is 28.5 Å². The van der Waals surface area contributed by atoms with E-state index < -0.39 is 60.0 Å². The number of hydrogen-bond acceptors (Lipinski definition) is 4. The van der Waals surface area contributed by atoms with Crippen LogP contribution in [0.4, 0.5) is 23.7 Å². The molecule has 1 unspecified atom stereocenters. The minimum atomic E-state index is -4.67. The Labute approximate surface area is 249 Å². The molecule has 0 aromatic heterocycles. The van der Waals surface area contributed by atoms with Crippen molar-refractivity contribution < 1.29 is 32.3 Å². The van der Waals surface area contributed by atoms with Crippen molar-refractivity contribution in [2.45, 2.75) is 102 Å². The number of nitrogens with two attached hydrogens (primary N) is 1. The number of nitrogens with zero attached hydrogens (tertiary/aromatic N) is 2. The van der Waals surface area contributed by atoms with Gasteiger partial charge in [-0.3, -0.25) is 14.4 Å². The molecule has 11 heteroatoms. The van der Waals surface area contributed by atoms with Gasteiger partial charge in [-0.1, -0.05) is 83.4 Å². The molecule has 232 valence electrons. The number of primary amides is 1. The Bertz CT molecular complexity index is 1370. The molecule has 2 fully saturated rings. The van der Waals surface area contributed by atoms with Gasteiger partial charge in [-0.15, -0.1) is 0 Å². The summed E-state index contributed by atoms with van der Waals surface area (Å²) in [6, 6.07) is 8.06. The second-order valence-corrected chi connectivity index (χ2v) is 12.1. The first-order valence-corrected chi connectivity index (χ1v) is 14.7. The molecule has 1 saturated heterocycles. The minimum Gasteiger partial charge on any atom is -0.370 e. The maximum absolute atomic E-state index is 14.2. The van der Waals surface area contributed by atoms with E-state index in [1.165, 1.54) is 23.1 Å². The van der Waals surface area contributed by atoms with Gasteiger partial charge in [0, 0.05) is 12.2 Å². The van der Waals surface area contributed by atoms with Crippen molar-refractivity contribution in [3.05, 3.63) is 64.7 Å². The van der Waals surface area contributed by atoms with Gasteiger partial charge in [0.15, 0.2) is 0 Å². The molecule has 1 aliphatic heterocycles. The minimum absolute atomic E-state index is 0.0216. The molecule has 2 aliphatic rings. The molecule has 1 aliphatic carbocycles. The van der Waals surface area contributed by atoms with Crippen molar-refractivity contribution in [1.29, 1.82) is 0 Å². The van der Waals surface area contributed by atoms with E-state index in [4.69, 9.17) is 5.73 Å². The molecule has 0 bridgehead atoms.